The number of hydrogen-bond acceptors (Lipinski definition) is 4. The van der Waals surface area contributed by atoms with Crippen molar-refractivity contribution in [1.29, 1.82) is 0 Å². The molecule has 3 fully saturated rings. The molecule has 2 aromatic carbocycles. The molecule has 158 valence electrons. The van der Waals surface area contributed by atoms with E-state index in [1.807, 2.05) is 48.5 Å². The molecule has 5 heteroatoms. The highest BCUT2D eigenvalue weighted by Crippen LogP contribution is 2.47. The van der Waals surface area contributed by atoms with E-state index in [1.54, 1.807) is 0 Å². The van der Waals surface area contributed by atoms with E-state index in [1.165, 1.54) is 5.56 Å². The fourth-order valence-corrected chi connectivity index (χ4v) is 5.73. The van der Waals surface area contributed by atoms with E-state index in [0.717, 1.165) is 56.6 Å². The van der Waals surface area contributed by atoms with E-state index in [-0.39, 0.29) is 17.9 Å². The Morgan fingerprint density at radius 3 is 2.33 bits per heavy atom. The summed E-state index contributed by atoms with van der Waals surface area (Å²) in [5, 5.41) is 14.9. The summed E-state index contributed by atoms with van der Waals surface area (Å²) in [5.74, 6) is 0.736. The first-order chi connectivity index (χ1) is 14.6. The minimum Gasteiger partial charge on any atom is -0.398 e. The molecule has 2 saturated carbocycles. The Bertz CT molecular complexity index is 900. The van der Waals surface area contributed by atoms with E-state index >= 15 is 0 Å². The van der Waals surface area contributed by atoms with E-state index < -0.39 is 5.60 Å². The molecule has 1 amide bonds. The molecule has 2 unspecified atom stereocenters. The van der Waals surface area contributed by atoms with Gasteiger partial charge in [-0.2, -0.15) is 0 Å². The Balaban J connectivity index is 1.24. The van der Waals surface area contributed by atoms with Crippen LogP contribution in [0, 0.1) is 17.8 Å². The Hall–Kier alpha value is -2.37. The summed E-state index contributed by atoms with van der Waals surface area (Å²) in [6.07, 6.45) is 3.98. The standard InChI is InChI=1S/C25H31N3O2/c26-22-13-7-4-8-17(22)14-28-15-20-21(16-28)23(20)27-24(29)25(30,19-11-5-6-12-19)18-9-2-1-3-10-18/h1-4,7-10,13,19-21,23,30H,5-6,11-12,14-16,26H2,(H,27,29)/t20-,21?,23+,25?/m0/s1. The first kappa shape index (κ1) is 19.6. The number of carbonyl (C=O) groups is 1. The first-order valence-electron chi connectivity index (χ1n) is 11.2. The number of nitrogens with one attached hydrogen (secondary N) is 1. The number of fused-ring (bicyclic) bond motifs is 1. The number of nitrogen functional groups attached to an aromatic ring is 1. The molecule has 4 N–H and O–H groups in total. The number of amides is 1. The lowest BCUT2D eigenvalue weighted by Crippen LogP contribution is -2.50. The van der Waals surface area contributed by atoms with Gasteiger partial charge in [-0.15, -0.1) is 0 Å². The van der Waals surface area contributed by atoms with Gasteiger partial charge < -0.3 is 16.2 Å². The third-order valence-corrected chi connectivity index (χ3v) is 7.52. The van der Waals surface area contributed by atoms with E-state index in [2.05, 4.69) is 16.3 Å². The molecule has 0 aromatic heterocycles. The van der Waals surface area contributed by atoms with E-state index in [0.29, 0.717) is 11.8 Å². The number of para-hydroxylation sites is 1. The molecule has 1 saturated heterocycles. The van der Waals surface area contributed by atoms with Crippen LogP contribution in [0.4, 0.5) is 5.69 Å². The fraction of sp³-hybridized carbons (Fsp3) is 0.480. The monoisotopic (exact) mass is 405 g/mol. The molecule has 2 aliphatic carbocycles. The lowest BCUT2D eigenvalue weighted by molar-refractivity contribution is -0.147. The summed E-state index contributed by atoms with van der Waals surface area (Å²) >= 11 is 0. The Kier molecular flexibility index (Phi) is 5.03. The van der Waals surface area contributed by atoms with Crippen LogP contribution in [0.1, 0.15) is 36.8 Å². The first-order valence-corrected chi connectivity index (χ1v) is 11.2. The molecule has 5 nitrogen and oxygen atoms in total. The molecule has 0 spiro atoms. The predicted molar refractivity (Wildman–Crippen MR) is 117 cm³/mol. The van der Waals surface area contributed by atoms with Gasteiger partial charge in [-0.25, -0.2) is 0 Å². The molecule has 0 bridgehead atoms. The normalized spacial score (nSPS) is 28.1. The second kappa shape index (κ2) is 7.71. The minimum absolute atomic E-state index is 0.00366. The molecule has 1 aliphatic heterocycles. The maximum atomic E-state index is 13.4. The summed E-state index contributed by atoms with van der Waals surface area (Å²) in [7, 11) is 0. The quantitative estimate of drug-likeness (QED) is 0.646. The highest BCUT2D eigenvalue weighted by atomic mass is 16.3. The molecule has 1 heterocycles. The second-order valence-corrected chi connectivity index (χ2v) is 9.33. The van der Waals surface area contributed by atoms with E-state index in [4.69, 9.17) is 5.73 Å². The molecular formula is C25H31N3O2. The zero-order valence-electron chi connectivity index (χ0n) is 17.3. The van der Waals surface area contributed by atoms with Crippen LogP contribution in [0.15, 0.2) is 54.6 Å². The summed E-state index contributed by atoms with van der Waals surface area (Å²) < 4.78 is 0. The van der Waals surface area contributed by atoms with Gasteiger partial charge in [0, 0.05) is 37.3 Å². The van der Waals surface area contributed by atoms with Gasteiger partial charge in [-0.3, -0.25) is 9.69 Å². The highest BCUT2D eigenvalue weighted by Gasteiger charge is 2.58. The topological polar surface area (TPSA) is 78.6 Å². The number of nitrogens with two attached hydrogens (primary N) is 1. The number of hydrogen-bond donors (Lipinski definition) is 3. The molecule has 3 aliphatic rings. The van der Waals surface area contributed by atoms with Crippen LogP contribution in [0.5, 0.6) is 0 Å². The number of likely N-dealkylation sites (tertiary alicyclic amines) is 1. The number of rotatable bonds is 6. The largest absolute Gasteiger partial charge is 0.398 e. The van der Waals surface area contributed by atoms with Crippen molar-refractivity contribution in [3.63, 3.8) is 0 Å². The number of nitrogens with zero attached hydrogens (tertiary/aromatic N) is 1. The molecule has 5 rings (SSSR count). The lowest BCUT2D eigenvalue weighted by Gasteiger charge is -2.33. The molecular weight excluding hydrogens is 374 g/mol. The van der Waals surface area contributed by atoms with Crippen molar-refractivity contribution >= 4 is 11.6 Å². The maximum Gasteiger partial charge on any atom is 0.257 e. The van der Waals surface area contributed by atoms with Crippen molar-refractivity contribution in [3.05, 3.63) is 65.7 Å². The minimum atomic E-state index is -1.42. The van der Waals surface area contributed by atoms with Gasteiger partial charge >= 0.3 is 0 Å². The average Bonchev–Trinajstić information content (AvgIpc) is 3.18. The zero-order valence-corrected chi connectivity index (χ0v) is 17.3. The van der Waals surface area contributed by atoms with Crippen LogP contribution in [0.3, 0.4) is 0 Å². The Labute approximate surface area is 178 Å². The third-order valence-electron chi connectivity index (χ3n) is 7.52. The Morgan fingerprint density at radius 2 is 1.67 bits per heavy atom. The Morgan fingerprint density at radius 1 is 1.03 bits per heavy atom. The van der Waals surface area contributed by atoms with Crippen molar-refractivity contribution in [3.8, 4) is 0 Å². The fourth-order valence-electron chi connectivity index (χ4n) is 5.73. The van der Waals surface area contributed by atoms with Crippen molar-refractivity contribution in [2.45, 2.75) is 43.9 Å². The predicted octanol–water partition coefficient (Wildman–Crippen LogP) is 2.89. The van der Waals surface area contributed by atoms with Crippen LogP contribution in [-0.2, 0) is 16.9 Å². The van der Waals surface area contributed by atoms with Gasteiger partial charge in [0.05, 0.1) is 0 Å². The van der Waals surface area contributed by atoms with E-state index in [9.17, 15) is 9.90 Å². The number of piperidine rings is 1. The van der Waals surface area contributed by atoms with Gasteiger partial charge in [0.1, 0.15) is 0 Å². The summed E-state index contributed by atoms with van der Waals surface area (Å²) in [6, 6.07) is 17.7. The second-order valence-electron chi connectivity index (χ2n) is 9.33. The van der Waals surface area contributed by atoms with Crippen molar-refractivity contribution in [2.24, 2.45) is 17.8 Å². The van der Waals surface area contributed by atoms with Gasteiger partial charge in [0.25, 0.3) is 5.91 Å². The highest BCUT2D eigenvalue weighted by molar-refractivity contribution is 5.87. The zero-order chi connectivity index (χ0) is 20.7. The maximum absolute atomic E-state index is 13.4. The summed E-state index contributed by atoms with van der Waals surface area (Å²) in [6.45, 7) is 2.80. The van der Waals surface area contributed by atoms with Crippen LogP contribution in [-0.4, -0.2) is 35.0 Å². The van der Waals surface area contributed by atoms with Crippen LogP contribution in [0.2, 0.25) is 0 Å². The van der Waals surface area contributed by atoms with Crippen LogP contribution >= 0.6 is 0 Å². The van der Waals surface area contributed by atoms with Gasteiger partial charge in [0.15, 0.2) is 5.60 Å². The SMILES string of the molecule is Nc1ccccc1CN1CC2[C@H](C1)[C@H]2NC(=O)C(O)(c1ccccc1)C1CCCC1. The van der Waals surface area contributed by atoms with Gasteiger partial charge in [-0.1, -0.05) is 61.4 Å². The smallest absolute Gasteiger partial charge is 0.257 e. The average molecular weight is 406 g/mol. The molecule has 30 heavy (non-hydrogen) atoms. The number of anilines is 1. The number of benzene rings is 2. The molecule has 0 radical (unpaired) electrons. The van der Waals surface area contributed by atoms with Gasteiger partial charge in [-0.05, 0) is 41.9 Å². The van der Waals surface area contributed by atoms with Crippen molar-refractivity contribution in [1.82, 2.24) is 10.2 Å². The third kappa shape index (κ3) is 3.40. The number of aliphatic hydroxyl groups is 1. The molecule has 4 atom stereocenters. The lowest BCUT2D eigenvalue weighted by atomic mass is 9.79. The van der Waals surface area contributed by atoms with Crippen molar-refractivity contribution < 1.29 is 9.90 Å². The van der Waals surface area contributed by atoms with Crippen LogP contribution < -0.4 is 11.1 Å². The van der Waals surface area contributed by atoms with Gasteiger partial charge in [0.2, 0.25) is 0 Å². The molecule has 2 aromatic rings. The van der Waals surface area contributed by atoms with Crippen LogP contribution in [0.25, 0.3) is 0 Å². The summed E-state index contributed by atoms with van der Waals surface area (Å²) in [4.78, 5) is 15.8. The number of carbonyl (C=O) groups excluding carboxylic acids is 1. The summed E-state index contributed by atoms with van der Waals surface area (Å²) in [5.41, 5.74) is 7.39. The van der Waals surface area contributed by atoms with Crippen molar-refractivity contribution in [2.75, 3.05) is 18.8 Å².